The van der Waals surface area contributed by atoms with Gasteiger partial charge in [0, 0.05) is 30.8 Å². The number of aromatic nitrogens is 1. The Morgan fingerprint density at radius 3 is 2.68 bits per heavy atom. The summed E-state index contributed by atoms with van der Waals surface area (Å²) in [5, 5.41) is 9.87. The minimum Gasteiger partial charge on any atom is -0.489 e. The summed E-state index contributed by atoms with van der Waals surface area (Å²) >= 11 is 1.10. The van der Waals surface area contributed by atoms with Crippen LogP contribution in [0, 0.1) is 5.92 Å². The van der Waals surface area contributed by atoms with Crippen molar-refractivity contribution in [3.8, 4) is 5.75 Å². The number of carbonyl (C=O) groups excluding carboxylic acids is 1. The van der Waals surface area contributed by atoms with E-state index >= 15 is 0 Å². The number of ether oxygens (including phenoxy) is 2. The van der Waals surface area contributed by atoms with Gasteiger partial charge in [-0.05, 0) is 77.3 Å². The zero-order valence-electron chi connectivity index (χ0n) is 21.0. The number of benzene rings is 1. The molecule has 1 aromatic heterocycles. The summed E-state index contributed by atoms with van der Waals surface area (Å²) in [6.45, 7) is 12.0. The summed E-state index contributed by atoms with van der Waals surface area (Å²) in [6.07, 6.45) is 2.76. The molecular formula is C26H38N4O3S. The largest absolute Gasteiger partial charge is 0.489 e. The lowest BCUT2D eigenvalue weighted by Gasteiger charge is -2.33. The molecule has 1 aliphatic rings. The van der Waals surface area contributed by atoms with E-state index in [1.54, 1.807) is 0 Å². The number of amides is 1. The third-order valence-corrected chi connectivity index (χ3v) is 6.26. The standard InChI is InChI=1S/C26H38N4O3S/c1-25(2,3)33-24(31)30-17-20(16-26(30,4)5)12-9-13-28-22-14-21(15-23(29-22)34-27)32-18-19-10-7-6-8-11-19/h6-8,10-11,14-15,20H,9,12-13,16-18,27H2,1-5H3,(H,28,29). The topological polar surface area (TPSA) is 89.7 Å². The molecular weight excluding hydrogens is 448 g/mol. The molecule has 0 spiro atoms. The van der Waals surface area contributed by atoms with Crippen LogP contribution >= 0.6 is 11.9 Å². The molecule has 0 saturated carbocycles. The second-order valence-corrected chi connectivity index (χ2v) is 11.1. The number of nitrogens with one attached hydrogen (secondary N) is 1. The molecule has 1 aromatic carbocycles. The minimum absolute atomic E-state index is 0.195. The van der Waals surface area contributed by atoms with E-state index in [4.69, 9.17) is 14.6 Å². The lowest BCUT2D eigenvalue weighted by Crippen LogP contribution is -2.45. The van der Waals surface area contributed by atoms with Crippen LogP contribution in [0.15, 0.2) is 47.5 Å². The van der Waals surface area contributed by atoms with Gasteiger partial charge in [-0.15, -0.1) is 0 Å². The van der Waals surface area contributed by atoms with E-state index in [1.807, 2.05) is 68.1 Å². The smallest absolute Gasteiger partial charge is 0.410 e. The number of pyridine rings is 1. The van der Waals surface area contributed by atoms with Crippen molar-refractivity contribution in [3.05, 3.63) is 48.0 Å². The first-order valence-corrected chi connectivity index (χ1v) is 12.7. The minimum atomic E-state index is -0.484. The molecule has 34 heavy (non-hydrogen) atoms. The third-order valence-electron chi connectivity index (χ3n) is 5.81. The highest BCUT2D eigenvalue weighted by Crippen LogP contribution is 2.36. The molecule has 1 fully saturated rings. The molecule has 3 N–H and O–H groups in total. The number of anilines is 1. The van der Waals surface area contributed by atoms with Crippen LogP contribution in [0.5, 0.6) is 5.75 Å². The van der Waals surface area contributed by atoms with Gasteiger partial charge in [0.1, 0.15) is 28.8 Å². The first-order valence-electron chi connectivity index (χ1n) is 11.9. The van der Waals surface area contributed by atoms with Crippen LogP contribution in [-0.2, 0) is 11.3 Å². The fourth-order valence-electron chi connectivity index (χ4n) is 4.28. The summed E-state index contributed by atoms with van der Waals surface area (Å²) in [5.74, 6) is 1.94. The molecule has 8 heteroatoms. The molecule has 1 amide bonds. The number of carbonyl (C=O) groups is 1. The molecule has 0 aliphatic carbocycles. The van der Waals surface area contributed by atoms with Crippen LogP contribution in [-0.4, -0.2) is 40.2 Å². The summed E-state index contributed by atoms with van der Waals surface area (Å²) in [7, 11) is 0. The van der Waals surface area contributed by atoms with Gasteiger partial charge in [-0.1, -0.05) is 30.3 Å². The Morgan fingerprint density at radius 2 is 2.00 bits per heavy atom. The first-order chi connectivity index (χ1) is 16.1. The van der Waals surface area contributed by atoms with Crippen LogP contribution in [0.4, 0.5) is 10.6 Å². The highest BCUT2D eigenvalue weighted by atomic mass is 32.2. The lowest BCUT2D eigenvalue weighted by atomic mass is 9.93. The normalized spacial score (nSPS) is 17.5. The Morgan fingerprint density at radius 1 is 1.26 bits per heavy atom. The molecule has 0 bridgehead atoms. The van der Waals surface area contributed by atoms with E-state index in [0.29, 0.717) is 17.6 Å². The van der Waals surface area contributed by atoms with Crippen molar-refractivity contribution in [2.24, 2.45) is 11.1 Å². The molecule has 1 unspecified atom stereocenters. The molecule has 1 aliphatic heterocycles. The van der Waals surface area contributed by atoms with E-state index < -0.39 is 5.60 Å². The van der Waals surface area contributed by atoms with Gasteiger partial charge >= 0.3 is 6.09 Å². The van der Waals surface area contributed by atoms with Crippen molar-refractivity contribution in [2.45, 2.75) is 76.7 Å². The monoisotopic (exact) mass is 486 g/mol. The maximum absolute atomic E-state index is 12.6. The lowest BCUT2D eigenvalue weighted by molar-refractivity contribution is 0.0131. The Kier molecular flexibility index (Phi) is 8.71. The Labute approximate surface area is 207 Å². The van der Waals surface area contributed by atoms with Gasteiger partial charge < -0.3 is 19.7 Å². The van der Waals surface area contributed by atoms with Gasteiger partial charge in [-0.2, -0.15) is 0 Å². The quantitative estimate of drug-likeness (QED) is 0.339. The fraction of sp³-hybridized carbons (Fsp3) is 0.538. The number of rotatable bonds is 9. The molecule has 186 valence electrons. The molecule has 7 nitrogen and oxygen atoms in total. The Balaban J connectivity index is 1.49. The summed E-state index contributed by atoms with van der Waals surface area (Å²) in [5.41, 5.74) is 0.428. The summed E-state index contributed by atoms with van der Waals surface area (Å²) in [4.78, 5) is 19.1. The summed E-state index contributed by atoms with van der Waals surface area (Å²) in [6, 6.07) is 13.8. The maximum atomic E-state index is 12.6. The molecule has 0 radical (unpaired) electrons. The van der Waals surface area contributed by atoms with Gasteiger partial charge in [0.05, 0.1) is 0 Å². The highest BCUT2D eigenvalue weighted by molar-refractivity contribution is 7.97. The number of hydrogen-bond donors (Lipinski definition) is 2. The van der Waals surface area contributed by atoms with Gasteiger partial charge in [-0.3, -0.25) is 5.14 Å². The van der Waals surface area contributed by atoms with Crippen molar-refractivity contribution in [1.29, 1.82) is 0 Å². The van der Waals surface area contributed by atoms with Crippen LogP contribution in [0.3, 0.4) is 0 Å². The molecule has 1 atom stereocenters. The molecule has 3 rings (SSSR count). The van der Waals surface area contributed by atoms with E-state index in [-0.39, 0.29) is 11.6 Å². The SMILES string of the molecule is CC(C)(C)OC(=O)N1CC(CCCNc2cc(OCc3ccccc3)cc(SN)n2)CC1(C)C. The van der Waals surface area contributed by atoms with E-state index in [2.05, 4.69) is 24.1 Å². The van der Waals surface area contributed by atoms with Crippen LogP contribution in [0.2, 0.25) is 0 Å². The van der Waals surface area contributed by atoms with Crippen LogP contribution in [0.25, 0.3) is 0 Å². The Bertz CT molecular complexity index is 947. The van der Waals surface area contributed by atoms with Crippen LogP contribution < -0.4 is 15.2 Å². The highest BCUT2D eigenvalue weighted by Gasteiger charge is 2.42. The number of nitrogens with two attached hydrogens (primary N) is 1. The molecule has 2 heterocycles. The summed E-state index contributed by atoms with van der Waals surface area (Å²) < 4.78 is 11.6. The maximum Gasteiger partial charge on any atom is 0.410 e. The van der Waals surface area contributed by atoms with Gasteiger partial charge in [-0.25, -0.2) is 9.78 Å². The molecule has 2 aromatic rings. The fourth-order valence-corrected chi connectivity index (χ4v) is 4.62. The zero-order chi connectivity index (χ0) is 24.8. The first kappa shape index (κ1) is 26.2. The third kappa shape index (κ3) is 7.81. The number of likely N-dealkylation sites (tertiary alicyclic amines) is 1. The zero-order valence-corrected chi connectivity index (χ0v) is 21.8. The predicted octanol–water partition coefficient (Wildman–Crippen LogP) is 5.85. The van der Waals surface area contributed by atoms with Crippen molar-refractivity contribution >= 4 is 23.9 Å². The second-order valence-electron chi connectivity index (χ2n) is 10.5. The molecule has 1 saturated heterocycles. The van der Waals surface area contributed by atoms with Crippen molar-refractivity contribution < 1.29 is 14.3 Å². The van der Waals surface area contributed by atoms with Gasteiger partial charge in [0.15, 0.2) is 0 Å². The average Bonchev–Trinajstić information content (AvgIpc) is 3.09. The van der Waals surface area contributed by atoms with Gasteiger partial charge in [0.25, 0.3) is 0 Å². The number of nitrogens with zero attached hydrogens (tertiary/aromatic N) is 2. The van der Waals surface area contributed by atoms with E-state index in [1.165, 1.54) is 0 Å². The second kappa shape index (κ2) is 11.3. The van der Waals surface area contributed by atoms with Crippen molar-refractivity contribution in [2.75, 3.05) is 18.4 Å². The van der Waals surface area contributed by atoms with Crippen LogP contribution in [0.1, 0.15) is 59.4 Å². The van der Waals surface area contributed by atoms with Crippen molar-refractivity contribution in [1.82, 2.24) is 9.88 Å². The van der Waals surface area contributed by atoms with E-state index in [0.717, 1.165) is 61.4 Å². The number of hydrogen-bond acceptors (Lipinski definition) is 7. The average molecular weight is 487 g/mol. The van der Waals surface area contributed by atoms with Crippen molar-refractivity contribution in [3.63, 3.8) is 0 Å². The Hall–Kier alpha value is -2.45. The van der Waals surface area contributed by atoms with Gasteiger partial charge in [0.2, 0.25) is 0 Å². The van der Waals surface area contributed by atoms with E-state index in [9.17, 15) is 4.79 Å². The predicted molar refractivity (Wildman–Crippen MR) is 138 cm³/mol.